The lowest BCUT2D eigenvalue weighted by Crippen LogP contribution is -2.41. The van der Waals surface area contributed by atoms with Gasteiger partial charge in [0.25, 0.3) is 0 Å². The third kappa shape index (κ3) is 3.09. The molecule has 1 aliphatic heterocycles. The lowest BCUT2D eigenvalue weighted by Gasteiger charge is -2.32. The summed E-state index contributed by atoms with van der Waals surface area (Å²) < 4.78 is 22.2. The number of fused-ring (bicyclic) bond motifs is 1. The van der Waals surface area contributed by atoms with Crippen molar-refractivity contribution in [3.63, 3.8) is 0 Å². The van der Waals surface area contributed by atoms with Crippen LogP contribution in [0.3, 0.4) is 0 Å². The van der Waals surface area contributed by atoms with Gasteiger partial charge in [0.2, 0.25) is 0 Å². The van der Waals surface area contributed by atoms with Crippen molar-refractivity contribution < 1.29 is 23.3 Å². The zero-order valence-corrected chi connectivity index (χ0v) is 15.0. The predicted octanol–water partition coefficient (Wildman–Crippen LogP) is 2.27. The van der Waals surface area contributed by atoms with Crippen molar-refractivity contribution >= 4 is 29.5 Å². The van der Waals surface area contributed by atoms with Crippen LogP contribution in [0.2, 0.25) is 0 Å². The van der Waals surface area contributed by atoms with Gasteiger partial charge in [0, 0.05) is 5.39 Å². The molecule has 0 amide bonds. The zero-order chi connectivity index (χ0) is 18.4. The molecule has 132 valence electrons. The van der Waals surface area contributed by atoms with Crippen LogP contribution in [0.1, 0.15) is 45.0 Å². The van der Waals surface area contributed by atoms with E-state index in [1.807, 2.05) is 33.8 Å². The molecule has 0 unspecified atom stereocenters. The van der Waals surface area contributed by atoms with Crippen molar-refractivity contribution in [3.05, 3.63) is 40.2 Å². The van der Waals surface area contributed by atoms with E-state index in [1.54, 1.807) is 19.1 Å². The third-order valence-electron chi connectivity index (χ3n) is 4.78. The minimum atomic E-state index is -0.725. The first-order valence-electron chi connectivity index (χ1n) is 8.25. The molecule has 2 aromatic rings. The molecule has 1 saturated heterocycles. The van der Waals surface area contributed by atoms with E-state index >= 15 is 0 Å². The highest BCUT2D eigenvalue weighted by Crippen LogP contribution is 2.36. The first-order valence-corrected chi connectivity index (χ1v) is 8.25. The van der Waals surface area contributed by atoms with Crippen molar-refractivity contribution in [3.8, 4) is 0 Å². The van der Waals surface area contributed by atoms with E-state index in [-0.39, 0.29) is 12.2 Å². The van der Waals surface area contributed by atoms with Gasteiger partial charge in [0.15, 0.2) is 0 Å². The number of hydrogen-bond acceptors (Lipinski definition) is 6. The molecule has 1 fully saturated rings. The van der Waals surface area contributed by atoms with Gasteiger partial charge in [-0.3, -0.25) is 0 Å². The molecule has 25 heavy (non-hydrogen) atoms. The highest BCUT2D eigenvalue weighted by molar-refractivity contribution is 6.62. The molecule has 0 spiro atoms. The fourth-order valence-electron chi connectivity index (χ4n) is 2.60. The van der Waals surface area contributed by atoms with Crippen LogP contribution in [-0.2, 0) is 14.0 Å². The normalized spacial score (nSPS) is 18.5. The molecule has 1 aromatic heterocycles. The van der Waals surface area contributed by atoms with Crippen LogP contribution in [0.15, 0.2) is 33.5 Å². The van der Waals surface area contributed by atoms with E-state index in [0.717, 1.165) is 5.46 Å². The maximum absolute atomic E-state index is 12.1. The maximum atomic E-state index is 12.1. The maximum Gasteiger partial charge on any atom is 0.494 e. The van der Waals surface area contributed by atoms with Gasteiger partial charge in [-0.1, -0.05) is 12.1 Å². The number of carbonyl (C=O) groups excluding carboxylic acids is 1. The summed E-state index contributed by atoms with van der Waals surface area (Å²) in [6, 6.07) is 6.78. The minimum absolute atomic E-state index is 0.113. The summed E-state index contributed by atoms with van der Waals surface area (Å²) in [5.41, 5.74) is -0.638. The fourth-order valence-corrected chi connectivity index (χ4v) is 2.60. The molecule has 0 atom stereocenters. The monoisotopic (exact) mass is 344 g/mol. The van der Waals surface area contributed by atoms with Crippen LogP contribution in [0.5, 0.6) is 0 Å². The van der Waals surface area contributed by atoms with Gasteiger partial charge in [-0.2, -0.15) is 0 Å². The molecular weight excluding hydrogens is 323 g/mol. The minimum Gasteiger partial charge on any atom is -0.462 e. The second-order valence-corrected chi connectivity index (χ2v) is 7.05. The Kier molecular flexibility index (Phi) is 4.25. The Morgan fingerprint density at radius 1 is 1.12 bits per heavy atom. The SMILES string of the molecule is CCOC(=O)c1cc2ccc(B3OC(C)(C)C(C)(C)O3)cc2oc1=O. The van der Waals surface area contributed by atoms with Crippen LogP contribution in [0, 0.1) is 0 Å². The van der Waals surface area contributed by atoms with Crippen LogP contribution >= 0.6 is 0 Å². The summed E-state index contributed by atoms with van der Waals surface area (Å²) >= 11 is 0. The van der Waals surface area contributed by atoms with Gasteiger partial charge in [0.05, 0.1) is 17.8 Å². The Balaban J connectivity index is 1.98. The molecule has 0 N–H and O–H groups in total. The Labute approximate surface area is 146 Å². The molecule has 0 saturated carbocycles. The Morgan fingerprint density at radius 2 is 1.76 bits per heavy atom. The highest BCUT2D eigenvalue weighted by Gasteiger charge is 2.51. The molecule has 6 nitrogen and oxygen atoms in total. The molecule has 7 heteroatoms. The summed E-state index contributed by atoms with van der Waals surface area (Å²) in [6.07, 6.45) is 0. The summed E-state index contributed by atoms with van der Waals surface area (Å²) in [5, 5.41) is 0.628. The van der Waals surface area contributed by atoms with Crippen molar-refractivity contribution in [1.29, 1.82) is 0 Å². The molecule has 2 heterocycles. The standard InChI is InChI=1S/C18H21BO6/c1-6-22-15(20)13-9-11-7-8-12(10-14(11)23-16(13)21)19-24-17(2,3)18(4,5)25-19/h7-10H,6H2,1-5H3. The van der Waals surface area contributed by atoms with Crippen LogP contribution in [0.4, 0.5) is 0 Å². The van der Waals surface area contributed by atoms with Gasteiger partial charge in [-0.25, -0.2) is 9.59 Å². The van der Waals surface area contributed by atoms with Crippen molar-refractivity contribution in [1.82, 2.24) is 0 Å². The molecule has 1 aromatic carbocycles. The lowest BCUT2D eigenvalue weighted by atomic mass is 9.79. The fraction of sp³-hybridized carbons (Fsp3) is 0.444. The van der Waals surface area contributed by atoms with Crippen LogP contribution < -0.4 is 11.1 Å². The molecule has 0 bridgehead atoms. The number of rotatable bonds is 3. The summed E-state index contributed by atoms with van der Waals surface area (Å²) in [7, 11) is -0.551. The average Bonchev–Trinajstić information content (AvgIpc) is 2.74. The Bertz CT molecular complexity index is 867. The molecule has 1 aliphatic rings. The Morgan fingerprint density at radius 3 is 2.36 bits per heavy atom. The third-order valence-corrected chi connectivity index (χ3v) is 4.78. The summed E-state index contributed by atoms with van der Waals surface area (Å²) in [5.74, 6) is -0.687. The van der Waals surface area contributed by atoms with E-state index in [4.69, 9.17) is 18.5 Å². The van der Waals surface area contributed by atoms with Crippen molar-refractivity contribution in [2.24, 2.45) is 0 Å². The second-order valence-electron chi connectivity index (χ2n) is 7.05. The topological polar surface area (TPSA) is 75.0 Å². The summed E-state index contributed by atoms with van der Waals surface area (Å²) in [6.45, 7) is 9.76. The van der Waals surface area contributed by atoms with Crippen LogP contribution in [0.25, 0.3) is 11.0 Å². The van der Waals surface area contributed by atoms with E-state index in [2.05, 4.69) is 0 Å². The Hall–Kier alpha value is -2.12. The van der Waals surface area contributed by atoms with Gasteiger partial charge in [0.1, 0.15) is 11.1 Å². The number of carbonyl (C=O) groups is 1. The van der Waals surface area contributed by atoms with Gasteiger partial charge in [-0.15, -0.1) is 0 Å². The van der Waals surface area contributed by atoms with E-state index in [1.165, 1.54) is 6.07 Å². The smallest absolute Gasteiger partial charge is 0.462 e. The first-order chi connectivity index (χ1) is 11.6. The van der Waals surface area contributed by atoms with Crippen molar-refractivity contribution in [2.75, 3.05) is 6.61 Å². The van der Waals surface area contributed by atoms with Crippen LogP contribution in [-0.4, -0.2) is 30.9 Å². The number of benzene rings is 1. The molecule has 3 rings (SSSR count). The largest absolute Gasteiger partial charge is 0.494 e. The molecule has 0 radical (unpaired) electrons. The number of esters is 1. The highest BCUT2D eigenvalue weighted by atomic mass is 16.7. The van der Waals surface area contributed by atoms with Gasteiger partial charge in [-0.05, 0) is 52.2 Å². The second kappa shape index (κ2) is 6.00. The van der Waals surface area contributed by atoms with E-state index in [0.29, 0.717) is 11.0 Å². The van der Waals surface area contributed by atoms with Gasteiger partial charge >= 0.3 is 18.7 Å². The quantitative estimate of drug-likeness (QED) is 0.483. The zero-order valence-electron chi connectivity index (χ0n) is 15.0. The average molecular weight is 344 g/mol. The number of hydrogen-bond donors (Lipinski definition) is 0. The molecular formula is C18H21BO6. The summed E-state index contributed by atoms with van der Waals surface area (Å²) in [4.78, 5) is 23.9. The van der Waals surface area contributed by atoms with E-state index in [9.17, 15) is 9.59 Å². The number of ether oxygens (including phenoxy) is 1. The molecule has 0 aliphatic carbocycles. The first kappa shape index (κ1) is 17.7. The van der Waals surface area contributed by atoms with Crippen molar-refractivity contribution in [2.45, 2.75) is 45.8 Å². The van der Waals surface area contributed by atoms with E-state index < -0.39 is 29.9 Å². The predicted molar refractivity (Wildman–Crippen MR) is 94.2 cm³/mol. The van der Waals surface area contributed by atoms with Gasteiger partial charge < -0.3 is 18.5 Å². The lowest BCUT2D eigenvalue weighted by molar-refractivity contribution is 0.00578.